The summed E-state index contributed by atoms with van der Waals surface area (Å²) in [6.45, 7) is 0.647. The molecule has 1 aromatic carbocycles. The first-order chi connectivity index (χ1) is 9.11. The van der Waals surface area contributed by atoms with Crippen LogP contribution >= 0.6 is 11.6 Å². The van der Waals surface area contributed by atoms with E-state index in [4.69, 9.17) is 11.6 Å². The van der Waals surface area contributed by atoms with Crippen molar-refractivity contribution in [2.24, 2.45) is 7.05 Å². The number of anilines is 2. The van der Waals surface area contributed by atoms with Crippen LogP contribution in [0.1, 0.15) is 11.1 Å². The summed E-state index contributed by atoms with van der Waals surface area (Å²) in [5.41, 5.74) is 3.69. The second kappa shape index (κ2) is 4.59. The van der Waals surface area contributed by atoms with Crippen molar-refractivity contribution >= 4 is 28.9 Å². The molecule has 0 radical (unpaired) electrons. The van der Waals surface area contributed by atoms with Crippen LogP contribution in [0, 0.1) is 0 Å². The van der Waals surface area contributed by atoms with Crippen LogP contribution in [0.2, 0.25) is 5.02 Å². The summed E-state index contributed by atoms with van der Waals surface area (Å²) in [4.78, 5) is 11.3. The predicted molar refractivity (Wildman–Crippen MR) is 74.3 cm³/mol. The second-order valence-corrected chi connectivity index (χ2v) is 5.00. The van der Waals surface area contributed by atoms with Crippen molar-refractivity contribution < 1.29 is 4.79 Å². The lowest BCUT2D eigenvalue weighted by Gasteiger charge is -2.09. The maximum Gasteiger partial charge on any atom is 0.228 e. The largest absolute Gasteiger partial charge is 0.380 e. The molecule has 1 amide bonds. The summed E-state index contributed by atoms with van der Waals surface area (Å²) in [5.74, 6) is 0.00970. The number of benzene rings is 1. The Labute approximate surface area is 115 Å². The number of carbonyl (C=O) groups is 1. The van der Waals surface area contributed by atoms with Crippen LogP contribution in [0.25, 0.3) is 0 Å². The lowest BCUT2D eigenvalue weighted by Crippen LogP contribution is -2.03. The molecule has 3 rings (SSSR count). The van der Waals surface area contributed by atoms with Gasteiger partial charge in [-0.2, -0.15) is 5.10 Å². The number of fused-ring (bicyclic) bond motifs is 1. The highest BCUT2D eigenvalue weighted by molar-refractivity contribution is 6.33. The van der Waals surface area contributed by atoms with E-state index < -0.39 is 0 Å². The molecular weight excluding hydrogens is 264 g/mol. The highest BCUT2D eigenvalue weighted by atomic mass is 35.5. The van der Waals surface area contributed by atoms with E-state index in [-0.39, 0.29) is 5.91 Å². The number of rotatable bonds is 3. The van der Waals surface area contributed by atoms with Crippen LogP contribution in [0.4, 0.5) is 11.4 Å². The Kier molecular flexibility index (Phi) is 2.91. The summed E-state index contributed by atoms with van der Waals surface area (Å²) in [7, 11) is 1.88. The first kappa shape index (κ1) is 12.0. The van der Waals surface area contributed by atoms with Gasteiger partial charge in [0.1, 0.15) is 0 Å². The molecule has 2 aromatic rings. The Morgan fingerprint density at radius 1 is 1.53 bits per heavy atom. The molecular formula is C13H13ClN4O. The van der Waals surface area contributed by atoms with Gasteiger partial charge in [-0.3, -0.25) is 9.48 Å². The normalized spacial score (nSPS) is 13.3. The van der Waals surface area contributed by atoms with E-state index in [1.165, 1.54) is 0 Å². The van der Waals surface area contributed by atoms with Gasteiger partial charge in [-0.15, -0.1) is 0 Å². The molecule has 0 saturated heterocycles. The molecule has 1 aromatic heterocycles. The molecule has 2 heterocycles. The highest BCUT2D eigenvalue weighted by Gasteiger charge is 2.19. The van der Waals surface area contributed by atoms with Crippen LogP contribution in [0.15, 0.2) is 24.5 Å². The fourth-order valence-corrected chi connectivity index (χ4v) is 2.37. The zero-order valence-electron chi connectivity index (χ0n) is 10.4. The number of nitrogens with one attached hydrogen (secondary N) is 2. The fraction of sp³-hybridized carbons (Fsp3) is 0.231. The summed E-state index contributed by atoms with van der Waals surface area (Å²) < 4.78 is 1.75. The SMILES string of the molecule is Cn1cc(CNc2cc3c(cc2Cl)NC(=O)C3)cn1. The van der Waals surface area contributed by atoms with E-state index in [9.17, 15) is 4.79 Å². The van der Waals surface area contributed by atoms with E-state index in [0.717, 1.165) is 22.5 Å². The van der Waals surface area contributed by atoms with Gasteiger partial charge in [0, 0.05) is 31.0 Å². The fourth-order valence-electron chi connectivity index (χ4n) is 2.14. The molecule has 98 valence electrons. The van der Waals surface area contributed by atoms with Crippen molar-refractivity contribution in [2.75, 3.05) is 10.6 Å². The molecule has 2 N–H and O–H groups in total. The van der Waals surface area contributed by atoms with Crippen molar-refractivity contribution in [1.82, 2.24) is 9.78 Å². The number of halogens is 1. The van der Waals surface area contributed by atoms with E-state index in [0.29, 0.717) is 18.0 Å². The molecule has 1 aliphatic rings. The van der Waals surface area contributed by atoms with Gasteiger partial charge in [0.25, 0.3) is 0 Å². The number of hydrogen-bond donors (Lipinski definition) is 2. The Bertz CT molecular complexity index is 650. The molecule has 19 heavy (non-hydrogen) atoms. The first-order valence-corrected chi connectivity index (χ1v) is 6.33. The van der Waals surface area contributed by atoms with Gasteiger partial charge in [0.15, 0.2) is 0 Å². The third-order valence-corrected chi connectivity index (χ3v) is 3.37. The van der Waals surface area contributed by atoms with Gasteiger partial charge in [0.05, 0.1) is 23.3 Å². The average molecular weight is 277 g/mol. The van der Waals surface area contributed by atoms with Crippen LogP contribution < -0.4 is 10.6 Å². The molecule has 0 unspecified atom stereocenters. The second-order valence-electron chi connectivity index (χ2n) is 4.59. The highest BCUT2D eigenvalue weighted by Crippen LogP contribution is 2.32. The lowest BCUT2D eigenvalue weighted by atomic mass is 10.1. The third-order valence-electron chi connectivity index (χ3n) is 3.06. The smallest absolute Gasteiger partial charge is 0.228 e. The molecule has 0 fully saturated rings. The molecule has 0 bridgehead atoms. The van der Waals surface area contributed by atoms with Crippen molar-refractivity contribution in [2.45, 2.75) is 13.0 Å². The minimum Gasteiger partial charge on any atom is -0.380 e. The third kappa shape index (κ3) is 2.42. The van der Waals surface area contributed by atoms with Crippen molar-refractivity contribution in [3.63, 3.8) is 0 Å². The zero-order valence-corrected chi connectivity index (χ0v) is 11.2. The molecule has 5 nitrogen and oxygen atoms in total. The van der Waals surface area contributed by atoms with Gasteiger partial charge in [-0.25, -0.2) is 0 Å². The standard InChI is InChI=1S/C13H13ClN4O/c1-18-7-8(6-16-18)5-15-12-2-9-3-13(19)17-11(9)4-10(12)14/h2,4,6-7,15H,3,5H2,1H3,(H,17,19). The molecule has 6 heteroatoms. The number of carbonyl (C=O) groups excluding carboxylic acids is 1. The van der Waals surface area contributed by atoms with Gasteiger partial charge in [0.2, 0.25) is 5.91 Å². The number of hydrogen-bond acceptors (Lipinski definition) is 3. The molecule has 0 atom stereocenters. The molecule has 0 saturated carbocycles. The van der Waals surface area contributed by atoms with Crippen molar-refractivity contribution in [3.8, 4) is 0 Å². The maximum absolute atomic E-state index is 11.3. The minimum atomic E-state index is 0.00970. The Balaban J connectivity index is 1.78. The van der Waals surface area contributed by atoms with Gasteiger partial charge >= 0.3 is 0 Å². The average Bonchev–Trinajstić information content (AvgIpc) is 2.91. The predicted octanol–water partition coefficient (Wildman–Crippen LogP) is 2.18. The lowest BCUT2D eigenvalue weighted by molar-refractivity contribution is -0.115. The van der Waals surface area contributed by atoms with E-state index in [1.54, 1.807) is 16.9 Å². The summed E-state index contributed by atoms with van der Waals surface area (Å²) in [6, 6.07) is 3.71. The Morgan fingerprint density at radius 3 is 3.11 bits per heavy atom. The van der Waals surface area contributed by atoms with Crippen LogP contribution in [0.3, 0.4) is 0 Å². The summed E-state index contributed by atoms with van der Waals surface area (Å²) >= 11 is 6.19. The van der Waals surface area contributed by atoms with Crippen LogP contribution in [-0.2, 0) is 24.8 Å². The van der Waals surface area contributed by atoms with Crippen molar-refractivity contribution in [1.29, 1.82) is 0 Å². The van der Waals surface area contributed by atoms with Crippen LogP contribution in [-0.4, -0.2) is 15.7 Å². The molecule has 0 aliphatic carbocycles. The van der Waals surface area contributed by atoms with E-state index in [2.05, 4.69) is 15.7 Å². The maximum atomic E-state index is 11.3. The van der Waals surface area contributed by atoms with Crippen molar-refractivity contribution in [3.05, 3.63) is 40.7 Å². The van der Waals surface area contributed by atoms with Crippen LogP contribution in [0.5, 0.6) is 0 Å². The number of nitrogens with zero attached hydrogens (tertiary/aromatic N) is 2. The molecule has 1 aliphatic heterocycles. The monoisotopic (exact) mass is 276 g/mol. The number of amides is 1. The summed E-state index contributed by atoms with van der Waals surface area (Å²) in [6.07, 6.45) is 4.16. The zero-order chi connectivity index (χ0) is 13.4. The quantitative estimate of drug-likeness (QED) is 0.903. The minimum absolute atomic E-state index is 0.00970. The first-order valence-electron chi connectivity index (χ1n) is 5.95. The Morgan fingerprint density at radius 2 is 2.37 bits per heavy atom. The Hall–Kier alpha value is -2.01. The van der Waals surface area contributed by atoms with E-state index in [1.807, 2.05) is 19.3 Å². The van der Waals surface area contributed by atoms with E-state index >= 15 is 0 Å². The van der Waals surface area contributed by atoms with Gasteiger partial charge in [-0.05, 0) is 17.7 Å². The summed E-state index contributed by atoms with van der Waals surface area (Å²) in [5, 5.41) is 10.8. The topological polar surface area (TPSA) is 59.0 Å². The molecule has 0 spiro atoms. The van der Waals surface area contributed by atoms with Gasteiger partial charge in [-0.1, -0.05) is 11.6 Å². The van der Waals surface area contributed by atoms with Gasteiger partial charge < -0.3 is 10.6 Å². The number of aromatic nitrogens is 2. The number of aryl methyl sites for hydroxylation is 1.